The minimum atomic E-state index is -4.75. The number of aromatic nitrogens is 3. The van der Waals surface area contributed by atoms with Crippen molar-refractivity contribution in [2.75, 3.05) is 0 Å². The summed E-state index contributed by atoms with van der Waals surface area (Å²) in [6.07, 6.45) is -4.75. The van der Waals surface area contributed by atoms with E-state index in [-0.39, 0.29) is 25.5 Å². The smallest absolute Gasteiger partial charge is 0.470 e. The summed E-state index contributed by atoms with van der Waals surface area (Å²) in [6, 6.07) is 13.0. The SMILES string of the molecule is Cc1cc(CN(Cc2nnc(C(F)(F)F)o2)Cc2nc(-c3ccccc3)oc2C)cc(C)c1OC(C)(C)C(=O)O. The van der Waals surface area contributed by atoms with Gasteiger partial charge in [-0.2, -0.15) is 13.2 Å². The molecule has 0 aliphatic heterocycles. The van der Waals surface area contributed by atoms with Crippen LogP contribution in [0, 0.1) is 20.8 Å². The van der Waals surface area contributed by atoms with Gasteiger partial charge in [0.1, 0.15) is 11.5 Å². The van der Waals surface area contributed by atoms with Gasteiger partial charge >= 0.3 is 18.0 Å². The first-order valence-electron chi connectivity index (χ1n) is 12.4. The number of nitrogens with zero attached hydrogens (tertiary/aromatic N) is 4. The molecule has 0 fully saturated rings. The van der Waals surface area contributed by atoms with E-state index in [1.807, 2.05) is 47.4 Å². The number of oxazole rings is 1. The monoisotopic (exact) mass is 558 g/mol. The summed E-state index contributed by atoms with van der Waals surface area (Å²) in [6.45, 7) is 8.71. The van der Waals surface area contributed by atoms with Crippen molar-refractivity contribution < 1.29 is 36.6 Å². The van der Waals surface area contributed by atoms with Crippen LogP contribution in [0.25, 0.3) is 11.5 Å². The van der Waals surface area contributed by atoms with Crippen LogP contribution in [0.5, 0.6) is 5.75 Å². The molecule has 0 atom stereocenters. The van der Waals surface area contributed by atoms with Gasteiger partial charge in [-0.25, -0.2) is 9.78 Å². The van der Waals surface area contributed by atoms with E-state index in [9.17, 15) is 23.1 Å². The zero-order valence-corrected chi connectivity index (χ0v) is 22.7. The number of carbonyl (C=O) groups is 1. The normalized spacial score (nSPS) is 12.2. The minimum absolute atomic E-state index is 0.0849. The fourth-order valence-electron chi connectivity index (χ4n) is 4.13. The van der Waals surface area contributed by atoms with E-state index >= 15 is 0 Å². The Hall–Kier alpha value is -4.19. The molecule has 0 aliphatic carbocycles. The summed E-state index contributed by atoms with van der Waals surface area (Å²) in [5.74, 6) is -1.27. The zero-order chi connectivity index (χ0) is 29.2. The Bertz CT molecular complexity index is 1470. The topological polar surface area (TPSA) is 115 Å². The van der Waals surface area contributed by atoms with Gasteiger partial charge in [-0.3, -0.25) is 4.90 Å². The summed E-state index contributed by atoms with van der Waals surface area (Å²) in [4.78, 5) is 18.0. The van der Waals surface area contributed by atoms with Gasteiger partial charge in [0, 0.05) is 18.7 Å². The minimum Gasteiger partial charge on any atom is -0.478 e. The first-order chi connectivity index (χ1) is 18.7. The van der Waals surface area contributed by atoms with Gasteiger partial charge in [0.15, 0.2) is 5.60 Å². The molecule has 2 heterocycles. The highest BCUT2D eigenvalue weighted by Gasteiger charge is 2.38. The molecule has 4 aromatic rings. The maximum Gasteiger partial charge on any atom is 0.470 e. The summed E-state index contributed by atoms with van der Waals surface area (Å²) in [5, 5.41) is 16.2. The number of benzene rings is 2. The molecule has 1 N–H and O–H groups in total. The Morgan fingerprint density at radius 2 is 1.62 bits per heavy atom. The molecule has 212 valence electrons. The van der Waals surface area contributed by atoms with Gasteiger partial charge < -0.3 is 18.7 Å². The van der Waals surface area contributed by atoms with E-state index in [0.717, 1.165) is 11.1 Å². The van der Waals surface area contributed by atoms with Crippen molar-refractivity contribution in [3.63, 3.8) is 0 Å². The van der Waals surface area contributed by atoms with E-state index in [4.69, 9.17) is 13.6 Å². The van der Waals surface area contributed by atoms with Crippen molar-refractivity contribution in [2.45, 2.75) is 66.0 Å². The summed E-state index contributed by atoms with van der Waals surface area (Å²) in [5.41, 5.74) is 2.21. The average molecular weight is 559 g/mol. The van der Waals surface area contributed by atoms with Crippen molar-refractivity contribution in [1.82, 2.24) is 20.1 Å². The number of carboxylic acids is 1. The number of hydrogen-bond donors (Lipinski definition) is 1. The summed E-state index contributed by atoms with van der Waals surface area (Å²) >= 11 is 0. The lowest BCUT2D eigenvalue weighted by atomic mass is 10.0. The van der Waals surface area contributed by atoms with Gasteiger partial charge in [-0.15, -0.1) is 10.2 Å². The lowest BCUT2D eigenvalue weighted by molar-refractivity contribution is -0.157. The van der Waals surface area contributed by atoms with Crippen LogP contribution in [0.1, 0.15) is 53.8 Å². The van der Waals surface area contributed by atoms with Gasteiger partial charge in [-0.1, -0.05) is 30.3 Å². The highest BCUT2D eigenvalue weighted by atomic mass is 19.4. The number of aryl methyl sites for hydroxylation is 3. The third-order valence-corrected chi connectivity index (χ3v) is 6.15. The molecule has 40 heavy (non-hydrogen) atoms. The molecule has 0 radical (unpaired) electrons. The summed E-state index contributed by atoms with van der Waals surface area (Å²) in [7, 11) is 0. The number of rotatable bonds is 10. The Morgan fingerprint density at radius 1 is 0.975 bits per heavy atom. The van der Waals surface area contributed by atoms with Gasteiger partial charge in [0.25, 0.3) is 0 Å². The van der Waals surface area contributed by atoms with Crippen LogP contribution < -0.4 is 4.74 Å². The fourth-order valence-corrected chi connectivity index (χ4v) is 4.13. The number of aliphatic carboxylic acids is 1. The molecule has 0 spiro atoms. The largest absolute Gasteiger partial charge is 0.478 e. The second-order valence-corrected chi connectivity index (χ2v) is 10.0. The van der Waals surface area contributed by atoms with E-state index < -0.39 is 23.6 Å². The average Bonchev–Trinajstić information content (AvgIpc) is 3.49. The lowest BCUT2D eigenvalue weighted by Crippen LogP contribution is -2.38. The second-order valence-electron chi connectivity index (χ2n) is 10.0. The van der Waals surface area contributed by atoms with Crippen LogP contribution in [0.4, 0.5) is 13.2 Å². The van der Waals surface area contributed by atoms with E-state index in [1.165, 1.54) is 13.8 Å². The molecule has 0 aliphatic rings. The van der Waals surface area contributed by atoms with E-state index in [0.29, 0.717) is 34.2 Å². The van der Waals surface area contributed by atoms with Crippen molar-refractivity contribution in [2.24, 2.45) is 0 Å². The molecule has 0 saturated heterocycles. The Balaban J connectivity index is 1.63. The maximum atomic E-state index is 13.1. The van der Waals surface area contributed by atoms with Gasteiger partial charge in [-0.05, 0) is 63.4 Å². The van der Waals surface area contributed by atoms with Crippen LogP contribution in [-0.2, 0) is 30.6 Å². The zero-order valence-electron chi connectivity index (χ0n) is 22.7. The summed E-state index contributed by atoms with van der Waals surface area (Å²) < 4.78 is 55.7. The molecule has 0 bridgehead atoms. The number of hydrogen-bond acceptors (Lipinski definition) is 8. The standard InChI is InChI=1S/C28H29F3N4O5/c1-16-11-19(12-17(2)23(16)40-27(4,5)26(36)37)13-35(15-22-33-34-25(39-22)28(29,30)31)14-21-18(3)38-24(32-21)20-9-7-6-8-10-20/h6-12H,13-15H2,1-5H3,(H,36,37). The van der Waals surface area contributed by atoms with Crippen molar-refractivity contribution in [3.8, 4) is 17.2 Å². The Morgan fingerprint density at radius 3 is 2.20 bits per heavy atom. The highest BCUT2D eigenvalue weighted by Crippen LogP contribution is 2.31. The van der Waals surface area contributed by atoms with Crippen LogP contribution >= 0.6 is 0 Å². The first-order valence-corrected chi connectivity index (χ1v) is 12.4. The number of alkyl halides is 3. The van der Waals surface area contributed by atoms with Crippen LogP contribution in [-0.4, -0.2) is 36.8 Å². The third kappa shape index (κ3) is 6.68. The molecule has 0 saturated carbocycles. The third-order valence-electron chi connectivity index (χ3n) is 6.15. The van der Waals surface area contributed by atoms with Gasteiger partial charge in [0.05, 0.1) is 12.2 Å². The Kier molecular flexibility index (Phi) is 8.01. The molecule has 9 nitrogen and oxygen atoms in total. The predicted molar refractivity (Wildman–Crippen MR) is 137 cm³/mol. The Labute approximate surface area is 228 Å². The highest BCUT2D eigenvalue weighted by molar-refractivity contribution is 5.77. The van der Waals surface area contributed by atoms with Crippen LogP contribution in [0.15, 0.2) is 51.3 Å². The number of carboxylic acid groups (broad SMARTS) is 1. The van der Waals surface area contributed by atoms with Crippen molar-refractivity contribution in [3.05, 3.63) is 82.4 Å². The van der Waals surface area contributed by atoms with Crippen LogP contribution in [0.3, 0.4) is 0 Å². The van der Waals surface area contributed by atoms with Crippen molar-refractivity contribution >= 4 is 5.97 Å². The van der Waals surface area contributed by atoms with E-state index in [2.05, 4.69) is 15.2 Å². The molecule has 12 heteroatoms. The van der Waals surface area contributed by atoms with E-state index in [1.54, 1.807) is 20.8 Å². The molecule has 4 rings (SSSR count). The van der Waals surface area contributed by atoms with Crippen LogP contribution in [0.2, 0.25) is 0 Å². The molecular formula is C28H29F3N4O5. The molecule has 2 aromatic heterocycles. The number of halogens is 3. The van der Waals surface area contributed by atoms with Crippen molar-refractivity contribution in [1.29, 1.82) is 0 Å². The predicted octanol–water partition coefficient (Wildman–Crippen LogP) is 6.11. The molecule has 0 amide bonds. The second kappa shape index (κ2) is 11.1. The fraction of sp³-hybridized carbons (Fsp3) is 0.357. The van der Waals surface area contributed by atoms with Gasteiger partial charge in [0.2, 0.25) is 11.8 Å². The number of ether oxygens (including phenoxy) is 1. The molecule has 0 unspecified atom stereocenters. The quantitative estimate of drug-likeness (QED) is 0.246. The molecule has 2 aromatic carbocycles. The maximum absolute atomic E-state index is 13.1. The lowest BCUT2D eigenvalue weighted by Gasteiger charge is -2.25. The molecular weight excluding hydrogens is 529 g/mol. The first kappa shape index (κ1) is 28.8.